The van der Waals surface area contributed by atoms with E-state index >= 15 is 0 Å². The molecule has 19 heavy (non-hydrogen) atoms. The van der Waals surface area contributed by atoms with E-state index in [1.165, 1.54) is 12.1 Å². The quantitative estimate of drug-likeness (QED) is 0.475. The van der Waals surface area contributed by atoms with Gasteiger partial charge in [-0.15, -0.1) is 0 Å². The number of nitrogens with zero attached hydrogens (tertiary/aromatic N) is 2. The third-order valence-electron chi connectivity index (χ3n) is 2.21. The normalized spacial score (nSPS) is 10.9. The Bertz CT molecular complexity index is 527. The highest BCUT2D eigenvalue weighted by atomic mass is 16.6. The zero-order valence-corrected chi connectivity index (χ0v) is 10.5. The minimum Gasteiger partial charge on any atom is -0.487 e. The molecule has 102 valence electrons. The number of amides is 2. The van der Waals surface area contributed by atoms with Crippen LogP contribution in [0.15, 0.2) is 23.3 Å². The van der Waals surface area contributed by atoms with Crippen LogP contribution in [-0.4, -0.2) is 23.3 Å². The fourth-order valence-electron chi connectivity index (χ4n) is 1.37. The summed E-state index contributed by atoms with van der Waals surface area (Å²) in [7, 11) is 0. The number of carbonyl (C=O) groups excluding carboxylic acids is 1. The van der Waals surface area contributed by atoms with Crippen molar-refractivity contribution in [3.63, 3.8) is 0 Å². The fourth-order valence-corrected chi connectivity index (χ4v) is 1.37. The largest absolute Gasteiger partial charge is 0.487 e. The van der Waals surface area contributed by atoms with Gasteiger partial charge in [0.1, 0.15) is 0 Å². The van der Waals surface area contributed by atoms with E-state index in [4.69, 9.17) is 10.5 Å². The van der Waals surface area contributed by atoms with E-state index in [1.807, 2.05) is 0 Å². The van der Waals surface area contributed by atoms with E-state index in [0.29, 0.717) is 17.9 Å². The van der Waals surface area contributed by atoms with Gasteiger partial charge >= 0.3 is 11.7 Å². The highest BCUT2D eigenvalue weighted by Gasteiger charge is 2.16. The molecule has 0 saturated heterocycles. The van der Waals surface area contributed by atoms with Crippen LogP contribution in [0.1, 0.15) is 19.4 Å². The van der Waals surface area contributed by atoms with Crippen LogP contribution in [-0.2, 0) is 0 Å². The maximum Gasteiger partial charge on any atom is 0.332 e. The van der Waals surface area contributed by atoms with Gasteiger partial charge in [-0.1, -0.05) is 0 Å². The molecule has 0 unspecified atom stereocenters. The molecule has 8 nitrogen and oxygen atoms in total. The van der Waals surface area contributed by atoms with Gasteiger partial charge in [-0.25, -0.2) is 10.2 Å². The molecule has 3 N–H and O–H groups in total. The predicted octanol–water partition coefficient (Wildman–Crippen LogP) is 1.39. The van der Waals surface area contributed by atoms with Crippen LogP contribution >= 0.6 is 0 Å². The van der Waals surface area contributed by atoms with E-state index in [9.17, 15) is 14.9 Å². The van der Waals surface area contributed by atoms with E-state index < -0.39 is 11.0 Å². The minimum atomic E-state index is -0.806. The maximum absolute atomic E-state index is 10.9. The van der Waals surface area contributed by atoms with Crippen LogP contribution in [0.3, 0.4) is 0 Å². The van der Waals surface area contributed by atoms with Gasteiger partial charge in [0.05, 0.1) is 17.2 Å². The second-order valence-corrected chi connectivity index (χ2v) is 3.55. The summed E-state index contributed by atoms with van der Waals surface area (Å²) in [4.78, 5) is 20.9. The number of urea groups is 1. The number of nitro benzene ring substituents is 1. The van der Waals surface area contributed by atoms with Crippen LogP contribution in [0.25, 0.3) is 0 Å². The molecule has 1 rings (SSSR count). The number of nitro groups is 1. The van der Waals surface area contributed by atoms with E-state index in [1.54, 1.807) is 19.9 Å². The average Bonchev–Trinajstić information content (AvgIpc) is 2.36. The first kappa shape index (κ1) is 14.4. The van der Waals surface area contributed by atoms with E-state index in [-0.39, 0.29) is 11.4 Å². The van der Waals surface area contributed by atoms with Crippen molar-refractivity contribution in [2.24, 2.45) is 10.8 Å². The SMILES string of the molecule is CCOc1ccc(C(C)=NNC(N)=O)cc1[N+](=O)[O-]. The summed E-state index contributed by atoms with van der Waals surface area (Å²) in [6.07, 6.45) is 0. The third-order valence-corrected chi connectivity index (χ3v) is 2.21. The van der Waals surface area contributed by atoms with Gasteiger partial charge in [-0.05, 0) is 26.0 Å². The number of nitrogens with one attached hydrogen (secondary N) is 1. The molecule has 0 atom stereocenters. The monoisotopic (exact) mass is 266 g/mol. The first-order valence-electron chi connectivity index (χ1n) is 5.47. The highest BCUT2D eigenvalue weighted by molar-refractivity contribution is 5.99. The Morgan fingerprint density at radius 2 is 2.26 bits per heavy atom. The van der Waals surface area contributed by atoms with Crippen LogP contribution < -0.4 is 15.9 Å². The summed E-state index contributed by atoms with van der Waals surface area (Å²) in [5.41, 5.74) is 7.66. The van der Waals surface area contributed by atoms with Gasteiger partial charge in [-0.3, -0.25) is 10.1 Å². The average molecular weight is 266 g/mol. The Morgan fingerprint density at radius 1 is 1.58 bits per heavy atom. The summed E-state index contributed by atoms with van der Waals surface area (Å²) in [5, 5.41) is 14.6. The number of hydrazone groups is 1. The lowest BCUT2D eigenvalue weighted by Crippen LogP contribution is -2.25. The smallest absolute Gasteiger partial charge is 0.332 e. The lowest BCUT2D eigenvalue weighted by atomic mass is 10.1. The molecule has 0 bridgehead atoms. The van der Waals surface area contributed by atoms with Crippen LogP contribution in [0.2, 0.25) is 0 Å². The Morgan fingerprint density at radius 3 is 2.79 bits per heavy atom. The summed E-state index contributed by atoms with van der Waals surface area (Å²) in [6.45, 7) is 3.66. The molecule has 2 amide bonds. The number of benzene rings is 1. The van der Waals surface area contributed by atoms with Crippen molar-refractivity contribution >= 4 is 17.4 Å². The maximum atomic E-state index is 10.9. The Balaban J connectivity index is 3.11. The van der Waals surface area contributed by atoms with E-state index in [2.05, 4.69) is 10.5 Å². The lowest BCUT2D eigenvalue weighted by molar-refractivity contribution is -0.385. The fraction of sp³-hybridized carbons (Fsp3) is 0.273. The van der Waals surface area contributed by atoms with Crippen LogP contribution in [0.5, 0.6) is 5.75 Å². The van der Waals surface area contributed by atoms with Crippen molar-refractivity contribution in [1.29, 1.82) is 0 Å². The van der Waals surface area contributed by atoms with Crippen LogP contribution in [0, 0.1) is 10.1 Å². The number of ether oxygens (including phenoxy) is 1. The first-order valence-corrected chi connectivity index (χ1v) is 5.47. The molecule has 0 fully saturated rings. The molecule has 1 aromatic rings. The first-order chi connectivity index (χ1) is 8.95. The molecule has 8 heteroatoms. The predicted molar refractivity (Wildman–Crippen MR) is 69.2 cm³/mol. The Kier molecular flexibility index (Phi) is 4.81. The summed E-state index contributed by atoms with van der Waals surface area (Å²) in [5.74, 6) is 0.187. The molecular weight excluding hydrogens is 252 g/mol. The van der Waals surface area contributed by atoms with Crippen molar-refractivity contribution in [3.8, 4) is 5.75 Å². The summed E-state index contributed by atoms with van der Waals surface area (Å²) < 4.78 is 5.16. The molecule has 1 aromatic carbocycles. The zero-order chi connectivity index (χ0) is 14.4. The van der Waals surface area contributed by atoms with Crippen molar-refractivity contribution in [1.82, 2.24) is 5.43 Å². The molecule has 0 aliphatic carbocycles. The number of primary amides is 1. The minimum absolute atomic E-state index is 0.159. The molecule has 0 spiro atoms. The third kappa shape index (κ3) is 3.95. The van der Waals surface area contributed by atoms with Crippen LogP contribution in [0.4, 0.5) is 10.5 Å². The van der Waals surface area contributed by atoms with Crippen molar-refractivity contribution in [2.75, 3.05) is 6.61 Å². The number of hydrogen-bond acceptors (Lipinski definition) is 5. The van der Waals surface area contributed by atoms with Crippen molar-refractivity contribution in [2.45, 2.75) is 13.8 Å². The lowest BCUT2D eigenvalue weighted by Gasteiger charge is -2.06. The molecule has 0 heterocycles. The van der Waals surface area contributed by atoms with E-state index in [0.717, 1.165) is 0 Å². The number of rotatable bonds is 5. The molecule has 0 aromatic heterocycles. The second kappa shape index (κ2) is 6.34. The van der Waals surface area contributed by atoms with Gasteiger partial charge in [0.15, 0.2) is 5.75 Å². The van der Waals surface area contributed by atoms with Gasteiger partial charge in [0, 0.05) is 11.6 Å². The molecule has 0 radical (unpaired) electrons. The number of nitrogens with two attached hydrogens (primary N) is 1. The highest BCUT2D eigenvalue weighted by Crippen LogP contribution is 2.28. The van der Waals surface area contributed by atoms with Gasteiger partial charge in [-0.2, -0.15) is 5.10 Å². The molecule has 0 aliphatic heterocycles. The Labute approximate surface area is 109 Å². The Hall–Kier alpha value is -2.64. The van der Waals surface area contributed by atoms with Gasteiger partial charge in [0.25, 0.3) is 0 Å². The number of carbonyl (C=O) groups is 1. The number of hydrogen-bond donors (Lipinski definition) is 2. The summed E-state index contributed by atoms with van der Waals surface area (Å²) >= 11 is 0. The summed E-state index contributed by atoms with van der Waals surface area (Å²) in [6, 6.07) is 3.62. The molecule has 0 aliphatic rings. The topological polar surface area (TPSA) is 120 Å². The van der Waals surface area contributed by atoms with Gasteiger partial charge in [0.2, 0.25) is 0 Å². The van der Waals surface area contributed by atoms with Gasteiger partial charge < -0.3 is 10.5 Å². The van der Waals surface area contributed by atoms with Crippen molar-refractivity contribution < 1.29 is 14.5 Å². The zero-order valence-electron chi connectivity index (χ0n) is 10.5. The molecule has 0 saturated carbocycles. The van der Waals surface area contributed by atoms with Crippen molar-refractivity contribution in [3.05, 3.63) is 33.9 Å². The standard InChI is InChI=1S/C11H14N4O4/c1-3-19-10-5-4-8(6-9(10)15(17)18)7(2)13-14-11(12)16/h4-6H,3H2,1-2H3,(H3,12,14,16). The molecular formula is C11H14N4O4. The second-order valence-electron chi connectivity index (χ2n) is 3.55.